The molecule has 0 bridgehead atoms. The van der Waals surface area contributed by atoms with Crippen molar-refractivity contribution in [2.45, 2.75) is 6.92 Å². The van der Waals surface area contributed by atoms with Crippen LogP contribution in [0.15, 0.2) is 29.2 Å². The van der Waals surface area contributed by atoms with Crippen molar-refractivity contribution in [1.82, 2.24) is 4.90 Å². The van der Waals surface area contributed by atoms with Gasteiger partial charge in [0, 0.05) is 37.4 Å². The molecule has 2 rings (SSSR count). The molecule has 1 atom stereocenters. The molecule has 0 aliphatic carbocycles. The summed E-state index contributed by atoms with van der Waals surface area (Å²) in [4.78, 5) is 4.78. The van der Waals surface area contributed by atoms with Crippen LogP contribution < -0.4 is 10.0 Å². The summed E-state index contributed by atoms with van der Waals surface area (Å²) in [7, 11) is 2.13. The first-order chi connectivity index (χ1) is 10.0. The van der Waals surface area contributed by atoms with Gasteiger partial charge in [0.05, 0.1) is 11.4 Å². The van der Waals surface area contributed by atoms with Crippen LogP contribution in [0.25, 0.3) is 5.57 Å². The van der Waals surface area contributed by atoms with Gasteiger partial charge in [0.15, 0.2) is 6.07 Å². The molecule has 6 heteroatoms. The average molecular weight is 304 g/mol. The molecule has 5 nitrogen and oxygen atoms in total. The topological polar surface area (TPSA) is 79.3 Å². The first kappa shape index (κ1) is 15.9. The maximum Gasteiger partial charge on any atom is 0.253 e. The minimum atomic E-state index is -1.75. The summed E-state index contributed by atoms with van der Waals surface area (Å²) in [6.45, 7) is 5.92. The molecule has 0 spiro atoms. The fourth-order valence-electron chi connectivity index (χ4n) is 2.40. The predicted molar refractivity (Wildman–Crippen MR) is 86.7 cm³/mol. The zero-order valence-electron chi connectivity index (χ0n) is 12.4. The van der Waals surface area contributed by atoms with E-state index in [1.807, 2.05) is 30.3 Å². The Morgan fingerprint density at radius 2 is 1.81 bits per heavy atom. The minimum Gasteiger partial charge on any atom is -0.593 e. The maximum absolute atomic E-state index is 11.3. The van der Waals surface area contributed by atoms with E-state index in [0.717, 1.165) is 31.7 Å². The number of nitriles is 1. The lowest BCUT2D eigenvalue weighted by atomic mass is 10.1. The first-order valence-electron chi connectivity index (χ1n) is 6.84. The van der Waals surface area contributed by atoms with Crippen molar-refractivity contribution >= 4 is 22.6 Å². The molecule has 1 fully saturated rings. The van der Waals surface area contributed by atoms with Gasteiger partial charge in [-0.25, -0.2) is 0 Å². The van der Waals surface area contributed by atoms with Crippen molar-refractivity contribution in [2.24, 2.45) is 5.14 Å². The molecule has 1 heterocycles. The van der Waals surface area contributed by atoms with Crippen molar-refractivity contribution in [3.05, 3.63) is 34.7 Å². The van der Waals surface area contributed by atoms with Crippen molar-refractivity contribution in [1.29, 1.82) is 5.26 Å². The molecule has 1 saturated heterocycles. The number of piperazine rings is 1. The van der Waals surface area contributed by atoms with E-state index >= 15 is 0 Å². The van der Waals surface area contributed by atoms with Gasteiger partial charge in [-0.05, 0) is 31.7 Å². The zero-order valence-corrected chi connectivity index (χ0v) is 13.2. The normalized spacial score (nSPS) is 18.9. The van der Waals surface area contributed by atoms with Gasteiger partial charge in [-0.1, -0.05) is 12.1 Å². The highest BCUT2D eigenvalue weighted by Crippen LogP contribution is 2.24. The van der Waals surface area contributed by atoms with Crippen molar-refractivity contribution < 1.29 is 4.55 Å². The van der Waals surface area contributed by atoms with Crippen LogP contribution in [0.4, 0.5) is 5.69 Å². The van der Waals surface area contributed by atoms with Gasteiger partial charge in [0.2, 0.25) is 0 Å². The van der Waals surface area contributed by atoms with Crippen LogP contribution in [-0.4, -0.2) is 42.7 Å². The van der Waals surface area contributed by atoms with Gasteiger partial charge in [-0.3, -0.25) is 0 Å². The fraction of sp³-hybridized carbons (Fsp3) is 0.400. The average Bonchev–Trinajstić information content (AvgIpc) is 2.48. The number of allylic oxidation sites excluding steroid dienone is 2. The molecular weight excluding hydrogens is 284 g/mol. The van der Waals surface area contributed by atoms with Gasteiger partial charge in [0.25, 0.3) is 4.91 Å². The Kier molecular flexibility index (Phi) is 5.26. The Morgan fingerprint density at radius 3 is 2.29 bits per heavy atom. The lowest BCUT2D eigenvalue weighted by molar-refractivity contribution is 0.313. The van der Waals surface area contributed by atoms with E-state index in [1.54, 1.807) is 6.92 Å². The largest absolute Gasteiger partial charge is 0.593 e. The van der Waals surface area contributed by atoms with E-state index in [-0.39, 0.29) is 4.91 Å². The molecule has 1 aromatic rings. The molecule has 1 aliphatic rings. The van der Waals surface area contributed by atoms with E-state index < -0.39 is 11.4 Å². The molecule has 1 aromatic carbocycles. The Hall–Kier alpha value is -1.52. The number of rotatable bonds is 3. The lowest BCUT2D eigenvalue weighted by Gasteiger charge is -2.34. The Labute approximate surface area is 129 Å². The van der Waals surface area contributed by atoms with E-state index in [4.69, 9.17) is 10.4 Å². The van der Waals surface area contributed by atoms with Gasteiger partial charge in [0.1, 0.15) is 0 Å². The molecule has 2 N–H and O–H groups in total. The molecule has 0 radical (unpaired) electrons. The van der Waals surface area contributed by atoms with Gasteiger partial charge in [-0.15, -0.1) is 5.14 Å². The Balaban J connectivity index is 2.18. The number of hydrogen-bond donors (Lipinski definition) is 1. The molecular formula is C15H20N4OS. The second-order valence-electron chi connectivity index (χ2n) is 5.20. The van der Waals surface area contributed by atoms with Crippen LogP contribution in [0.2, 0.25) is 0 Å². The molecule has 0 saturated carbocycles. The van der Waals surface area contributed by atoms with E-state index in [1.165, 1.54) is 5.69 Å². The number of anilines is 1. The summed E-state index contributed by atoms with van der Waals surface area (Å²) in [6.07, 6.45) is 0. The number of likely N-dealkylation sites (N-methyl/N-ethyl adjacent to an activating group) is 1. The predicted octanol–water partition coefficient (Wildman–Crippen LogP) is 1.32. The second kappa shape index (κ2) is 6.96. The Bertz CT molecular complexity index is 554. The standard InChI is InChI=1S/C15H20N4OS/c1-12(15(11-16)21(17)20)13-3-5-14(6-4-13)19-9-7-18(2)8-10-19/h3-6H,7-10,17H2,1-2H3/b15-12+. The molecule has 1 unspecified atom stereocenters. The smallest absolute Gasteiger partial charge is 0.253 e. The van der Waals surface area contributed by atoms with Crippen molar-refractivity contribution in [3.8, 4) is 6.07 Å². The highest BCUT2D eigenvalue weighted by molar-refractivity contribution is 7.93. The third-order valence-corrected chi connectivity index (χ3v) is 4.61. The number of nitrogens with zero attached hydrogens (tertiary/aromatic N) is 3. The molecule has 0 aromatic heterocycles. The van der Waals surface area contributed by atoms with Crippen LogP contribution in [-0.2, 0) is 11.4 Å². The van der Waals surface area contributed by atoms with E-state index in [0.29, 0.717) is 5.57 Å². The number of hydrogen-bond acceptors (Lipinski definition) is 5. The second-order valence-corrected chi connectivity index (χ2v) is 6.20. The van der Waals surface area contributed by atoms with Crippen LogP contribution in [0.5, 0.6) is 0 Å². The highest BCUT2D eigenvalue weighted by Gasteiger charge is 2.17. The van der Waals surface area contributed by atoms with Crippen molar-refractivity contribution in [3.63, 3.8) is 0 Å². The van der Waals surface area contributed by atoms with Crippen LogP contribution >= 0.6 is 0 Å². The third-order valence-electron chi connectivity index (χ3n) is 3.81. The molecule has 0 amide bonds. The fourth-order valence-corrected chi connectivity index (χ4v) is 2.91. The van der Waals surface area contributed by atoms with Gasteiger partial charge < -0.3 is 14.4 Å². The maximum atomic E-state index is 11.3. The highest BCUT2D eigenvalue weighted by atomic mass is 32.2. The van der Waals surface area contributed by atoms with E-state index in [2.05, 4.69) is 16.8 Å². The summed E-state index contributed by atoms with van der Waals surface area (Å²) in [6, 6.07) is 9.90. The number of nitrogens with two attached hydrogens (primary N) is 1. The quantitative estimate of drug-likeness (QED) is 0.673. The molecule has 112 valence electrons. The summed E-state index contributed by atoms with van der Waals surface area (Å²) >= 11 is -1.75. The van der Waals surface area contributed by atoms with Crippen LogP contribution in [0.1, 0.15) is 12.5 Å². The molecule has 1 aliphatic heterocycles. The third kappa shape index (κ3) is 3.77. The SMILES string of the molecule is C/C(=C(/C#N)[S+](N)[O-])c1ccc(N2CCN(C)CC2)cc1. The summed E-state index contributed by atoms with van der Waals surface area (Å²) in [5, 5.41) is 14.3. The summed E-state index contributed by atoms with van der Waals surface area (Å²) in [5.41, 5.74) is 2.72. The van der Waals surface area contributed by atoms with Gasteiger partial charge in [-0.2, -0.15) is 5.26 Å². The lowest BCUT2D eigenvalue weighted by Crippen LogP contribution is -2.44. The van der Waals surface area contributed by atoms with Crippen molar-refractivity contribution in [2.75, 3.05) is 38.1 Å². The zero-order chi connectivity index (χ0) is 15.4. The Morgan fingerprint density at radius 1 is 1.24 bits per heavy atom. The first-order valence-corrected chi connectivity index (χ1v) is 8.05. The minimum absolute atomic E-state index is 0.127. The van der Waals surface area contributed by atoms with Crippen LogP contribution in [0.3, 0.4) is 0 Å². The van der Waals surface area contributed by atoms with E-state index in [9.17, 15) is 4.55 Å². The monoisotopic (exact) mass is 304 g/mol. The number of benzene rings is 1. The van der Waals surface area contributed by atoms with Crippen LogP contribution in [0, 0.1) is 11.3 Å². The molecule has 21 heavy (non-hydrogen) atoms. The summed E-state index contributed by atoms with van der Waals surface area (Å²) < 4.78 is 11.3. The summed E-state index contributed by atoms with van der Waals surface area (Å²) in [5.74, 6) is 0. The van der Waals surface area contributed by atoms with Gasteiger partial charge >= 0.3 is 0 Å².